The average molecular weight is 290 g/mol. The Bertz CT molecular complexity index is 585. The molecule has 2 rings (SSSR count). The minimum Gasteiger partial charge on any atom is -0.329 e. The van der Waals surface area contributed by atoms with Crippen LogP contribution >= 0.6 is 0 Å². The van der Waals surface area contributed by atoms with Crippen LogP contribution < -0.4 is 10.5 Å². The first kappa shape index (κ1) is 15.0. The van der Waals surface area contributed by atoms with Gasteiger partial charge in [-0.3, -0.25) is 4.79 Å². The van der Waals surface area contributed by atoms with Crippen molar-refractivity contribution in [1.29, 1.82) is 0 Å². The highest BCUT2D eigenvalue weighted by atomic mass is 16.7. The number of hydrogen-bond acceptors (Lipinski definition) is 4. The van der Waals surface area contributed by atoms with E-state index < -0.39 is 11.6 Å². The molecule has 7 nitrogen and oxygen atoms in total. The Kier molecular flexibility index (Phi) is 3.95. The van der Waals surface area contributed by atoms with Gasteiger partial charge < -0.3 is 4.90 Å². The Morgan fingerprint density at radius 2 is 1.95 bits per heavy atom. The van der Waals surface area contributed by atoms with Crippen LogP contribution in [0.1, 0.15) is 13.8 Å². The molecule has 1 aliphatic rings. The number of hydroxylamine groups is 1. The van der Waals surface area contributed by atoms with Crippen molar-refractivity contribution in [2.24, 2.45) is 5.10 Å². The van der Waals surface area contributed by atoms with E-state index in [-0.39, 0.29) is 5.91 Å². The van der Waals surface area contributed by atoms with Crippen LogP contribution in [-0.2, 0) is 9.63 Å². The summed E-state index contributed by atoms with van der Waals surface area (Å²) in [7, 11) is 3.16. The van der Waals surface area contributed by atoms with Crippen molar-refractivity contribution in [2.75, 3.05) is 19.1 Å². The van der Waals surface area contributed by atoms with Crippen molar-refractivity contribution in [3.05, 3.63) is 30.3 Å². The molecule has 0 saturated heterocycles. The maximum absolute atomic E-state index is 12.5. The van der Waals surface area contributed by atoms with Gasteiger partial charge >= 0.3 is 6.03 Å². The average Bonchev–Trinajstić information content (AvgIpc) is 2.70. The van der Waals surface area contributed by atoms with E-state index in [9.17, 15) is 9.59 Å². The van der Waals surface area contributed by atoms with Gasteiger partial charge in [0.1, 0.15) is 0 Å². The molecule has 0 radical (unpaired) electrons. The lowest BCUT2D eigenvalue weighted by Crippen LogP contribution is -2.51. The third kappa shape index (κ3) is 2.73. The summed E-state index contributed by atoms with van der Waals surface area (Å²) in [5.74, 6) is -0.356. The normalized spacial score (nSPS) is 21.2. The van der Waals surface area contributed by atoms with Crippen LogP contribution in [-0.4, -0.2) is 42.2 Å². The molecule has 0 fully saturated rings. The zero-order chi connectivity index (χ0) is 15.6. The summed E-state index contributed by atoms with van der Waals surface area (Å²) < 4.78 is 0. The second kappa shape index (κ2) is 5.53. The first-order valence-electron chi connectivity index (χ1n) is 6.47. The number of benzene rings is 1. The number of urea groups is 1. The SMILES string of the molecule is CC1=NN(c2ccccc2)C(=O)C1(C)ONC(=O)N(C)C. The lowest BCUT2D eigenvalue weighted by molar-refractivity contribution is -0.137. The highest BCUT2D eigenvalue weighted by Crippen LogP contribution is 2.28. The third-order valence-corrected chi connectivity index (χ3v) is 3.29. The predicted octanol–water partition coefficient (Wildman–Crippen LogP) is 1.37. The van der Waals surface area contributed by atoms with Crippen molar-refractivity contribution in [2.45, 2.75) is 19.4 Å². The fourth-order valence-corrected chi connectivity index (χ4v) is 1.75. The van der Waals surface area contributed by atoms with Gasteiger partial charge in [-0.05, 0) is 26.0 Å². The van der Waals surface area contributed by atoms with Gasteiger partial charge in [-0.15, -0.1) is 0 Å². The van der Waals surface area contributed by atoms with Crippen molar-refractivity contribution in [1.82, 2.24) is 10.4 Å². The van der Waals surface area contributed by atoms with Gasteiger partial charge in [-0.1, -0.05) is 18.2 Å². The van der Waals surface area contributed by atoms with Crippen LogP contribution in [0, 0.1) is 0 Å². The molecule has 1 atom stereocenters. The number of nitrogens with one attached hydrogen (secondary N) is 1. The maximum Gasteiger partial charge on any atom is 0.340 e. The van der Waals surface area contributed by atoms with E-state index in [0.29, 0.717) is 11.4 Å². The van der Waals surface area contributed by atoms with E-state index in [1.807, 2.05) is 18.2 Å². The first-order chi connectivity index (χ1) is 9.86. The topological polar surface area (TPSA) is 74.2 Å². The number of nitrogens with zero attached hydrogens (tertiary/aromatic N) is 3. The second-order valence-corrected chi connectivity index (χ2v) is 5.07. The van der Waals surface area contributed by atoms with E-state index in [0.717, 1.165) is 0 Å². The smallest absolute Gasteiger partial charge is 0.329 e. The third-order valence-electron chi connectivity index (χ3n) is 3.29. The Morgan fingerprint density at radius 3 is 2.52 bits per heavy atom. The highest BCUT2D eigenvalue weighted by Gasteiger charge is 2.48. The molecule has 0 saturated carbocycles. The van der Waals surface area contributed by atoms with E-state index in [4.69, 9.17) is 4.84 Å². The van der Waals surface area contributed by atoms with Crippen LogP contribution in [0.2, 0.25) is 0 Å². The maximum atomic E-state index is 12.5. The van der Waals surface area contributed by atoms with E-state index in [1.54, 1.807) is 40.1 Å². The lowest BCUT2D eigenvalue weighted by atomic mass is 10.0. The zero-order valence-electron chi connectivity index (χ0n) is 12.5. The van der Waals surface area contributed by atoms with Crippen molar-refractivity contribution < 1.29 is 14.4 Å². The second-order valence-electron chi connectivity index (χ2n) is 5.07. The number of anilines is 1. The van der Waals surface area contributed by atoms with Gasteiger partial charge in [0.15, 0.2) is 0 Å². The molecule has 0 aromatic heterocycles. The summed E-state index contributed by atoms with van der Waals surface area (Å²) in [5.41, 5.74) is 2.05. The number of carbonyl (C=O) groups excluding carboxylic acids is 2. The molecule has 1 N–H and O–H groups in total. The number of amides is 3. The van der Waals surface area contributed by atoms with Gasteiger partial charge in [-0.25, -0.2) is 15.1 Å². The molecule has 1 aliphatic heterocycles. The van der Waals surface area contributed by atoms with Crippen molar-refractivity contribution in [3.8, 4) is 0 Å². The van der Waals surface area contributed by atoms with Crippen molar-refractivity contribution in [3.63, 3.8) is 0 Å². The minimum absolute atomic E-state index is 0.356. The quantitative estimate of drug-likeness (QED) is 0.854. The Balaban J connectivity index is 2.17. The minimum atomic E-state index is -1.32. The van der Waals surface area contributed by atoms with Crippen LogP contribution in [0.3, 0.4) is 0 Å². The van der Waals surface area contributed by atoms with Crippen LogP contribution in [0.5, 0.6) is 0 Å². The summed E-state index contributed by atoms with van der Waals surface area (Å²) in [6.45, 7) is 3.26. The molecule has 0 spiro atoms. The van der Waals surface area contributed by atoms with Crippen LogP contribution in [0.4, 0.5) is 10.5 Å². The molecule has 1 aromatic rings. The molecule has 1 heterocycles. The summed E-state index contributed by atoms with van der Waals surface area (Å²) in [6.07, 6.45) is 0. The van der Waals surface area contributed by atoms with E-state index in [2.05, 4.69) is 10.6 Å². The predicted molar refractivity (Wildman–Crippen MR) is 78.7 cm³/mol. The molecule has 1 unspecified atom stereocenters. The number of hydrogen-bond donors (Lipinski definition) is 1. The molecule has 3 amide bonds. The molecule has 7 heteroatoms. The molecule has 21 heavy (non-hydrogen) atoms. The lowest BCUT2D eigenvalue weighted by Gasteiger charge is -2.24. The van der Waals surface area contributed by atoms with Gasteiger partial charge in [-0.2, -0.15) is 10.1 Å². The standard InChI is InChI=1S/C14H18N4O3/c1-10-14(2,21-16-13(20)17(3)4)12(19)18(15-10)11-8-6-5-7-9-11/h5-9H,1-4H3,(H,16,20). The summed E-state index contributed by atoms with van der Waals surface area (Å²) in [4.78, 5) is 30.7. The highest BCUT2D eigenvalue weighted by molar-refractivity contribution is 6.21. The first-order valence-corrected chi connectivity index (χ1v) is 6.47. The molecular formula is C14H18N4O3. The Labute approximate surface area is 123 Å². The van der Waals surface area contributed by atoms with E-state index >= 15 is 0 Å². The number of para-hydroxylation sites is 1. The zero-order valence-corrected chi connectivity index (χ0v) is 12.5. The molecule has 0 aliphatic carbocycles. The summed E-state index contributed by atoms with van der Waals surface area (Å²) in [5, 5.41) is 5.50. The van der Waals surface area contributed by atoms with Gasteiger partial charge in [0.05, 0.1) is 11.4 Å². The summed E-state index contributed by atoms with van der Waals surface area (Å²) >= 11 is 0. The molecule has 0 bridgehead atoms. The molecule has 1 aromatic carbocycles. The number of rotatable bonds is 3. The number of carbonyl (C=O) groups is 2. The number of hydrazone groups is 1. The Hall–Kier alpha value is -2.41. The van der Waals surface area contributed by atoms with E-state index in [1.165, 1.54) is 9.91 Å². The van der Waals surface area contributed by atoms with Gasteiger partial charge in [0, 0.05) is 14.1 Å². The largest absolute Gasteiger partial charge is 0.340 e. The molecular weight excluding hydrogens is 272 g/mol. The molecule has 112 valence electrons. The summed E-state index contributed by atoms with van der Waals surface area (Å²) in [6, 6.07) is 8.59. The van der Waals surface area contributed by atoms with Crippen LogP contribution in [0.15, 0.2) is 35.4 Å². The fraction of sp³-hybridized carbons (Fsp3) is 0.357. The monoisotopic (exact) mass is 290 g/mol. The van der Waals surface area contributed by atoms with Gasteiger partial charge in [0.25, 0.3) is 5.91 Å². The fourth-order valence-electron chi connectivity index (χ4n) is 1.75. The van der Waals surface area contributed by atoms with Crippen molar-refractivity contribution >= 4 is 23.3 Å². The van der Waals surface area contributed by atoms with Gasteiger partial charge in [0.2, 0.25) is 5.60 Å². The van der Waals surface area contributed by atoms with Crippen LogP contribution in [0.25, 0.3) is 0 Å². The Morgan fingerprint density at radius 1 is 1.33 bits per heavy atom.